The van der Waals surface area contributed by atoms with Gasteiger partial charge in [-0.3, -0.25) is 14.9 Å². The van der Waals surface area contributed by atoms with Crippen molar-refractivity contribution in [1.29, 1.82) is 0 Å². The number of fused-ring (bicyclic) bond motifs is 1. The van der Waals surface area contributed by atoms with E-state index in [1.807, 2.05) is 0 Å². The number of halogens is 3. The van der Waals surface area contributed by atoms with E-state index in [9.17, 15) is 23.2 Å². The maximum atomic E-state index is 14.7. The number of pyridine rings is 1. The summed E-state index contributed by atoms with van der Waals surface area (Å²) in [4.78, 5) is 19.1. The number of rotatable bonds is 10. The van der Waals surface area contributed by atoms with Crippen LogP contribution in [-0.2, 0) is 11.2 Å². The van der Waals surface area contributed by atoms with E-state index < -0.39 is 28.8 Å². The predicted octanol–water partition coefficient (Wildman–Crippen LogP) is 4.65. The molecule has 0 spiro atoms. The Balaban J connectivity index is 1.32. The minimum absolute atomic E-state index is 0.139. The van der Waals surface area contributed by atoms with Crippen molar-refractivity contribution >= 4 is 16.8 Å². The first-order chi connectivity index (χ1) is 17.8. The number of nitrogens with one attached hydrogen (secondary N) is 1. The van der Waals surface area contributed by atoms with Gasteiger partial charge in [-0.15, -0.1) is 0 Å². The predicted molar refractivity (Wildman–Crippen MR) is 131 cm³/mol. The van der Waals surface area contributed by atoms with Crippen LogP contribution in [0.3, 0.4) is 0 Å². The van der Waals surface area contributed by atoms with Gasteiger partial charge in [-0.1, -0.05) is 0 Å². The molecule has 1 saturated heterocycles. The Bertz CT molecular complexity index is 1250. The molecule has 37 heavy (non-hydrogen) atoms. The Morgan fingerprint density at radius 2 is 1.89 bits per heavy atom. The molecule has 0 bridgehead atoms. The number of benzene rings is 2. The van der Waals surface area contributed by atoms with Gasteiger partial charge in [-0.2, -0.15) is 0 Å². The summed E-state index contributed by atoms with van der Waals surface area (Å²) < 4.78 is 52.3. The van der Waals surface area contributed by atoms with Gasteiger partial charge < -0.3 is 9.47 Å². The van der Waals surface area contributed by atoms with E-state index in [2.05, 4.69) is 9.88 Å². The van der Waals surface area contributed by atoms with Crippen LogP contribution >= 0.6 is 0 Å². The lowest BCUT2D eigenvalue weighted by molar-refractivity contribution is -0.143. The molecule has 4 rings (SSSR count). The van der Waals surface area contributed by atoms with Crippen molar-refractivity contribution in [3.63, 3.8) is 0 Å². The van der Waals surface area contributed by atoms with Gasteiger partial charge in [0.25, 0.3) is 0 Å². The Morgan fingerprint density at radius 3 is 2.62 bits per heavy atom. The molecule has 3 aromatic rings. The van der Waals surface area contributed by atoms with Crippen LogP contribution < -0.4 is 15.0 Å². The smallest absolute Gasteiger partial charge is 0.249 e. The lowest BCUT2D eigenvalue weighted by atomic mass is 9.73. The first-order valence-corrected chi connectivity index (χ1v) is 12.2. The average molecular weight is 518 g/mol. The van der Waals surface area contributed by atoms with Crippen molar-refractivity contribution in [2.24, 2.45) is 5.41 Å². The molecule has 1 aliphatic rings. The molecular formula is C27H30F3N3O4. The molecule has 0 aliphatic carbocycles. The summed E-state index contributed by atoms with van der Waals surface area (Å²) in [5.74, 6) is -1.59. The minimum Gasteiger partial charge on any atom is -0.497 e. The summed E-state index contributed by atoms with van der Waals surface area (Å²) in [5.41, 5.74) is 2.00. The van der Waals surface area contributed by atoms with E-state index in [0.717, 1.165) is 18.2 Å². The fourth-order valence-corrected chi connectivity index (χ4v) is 4.85. The molecule has 2 N–H and O–H groups in total. The summed E-state index contributed by atoms with van der Waals surface area (Å²) in [6.07, 6.45) is 2.30. The van der Waals surface area contributed by atoms with Gasteiger partial charge in [0.2, 0.25) is 5.91 Å². The number of carbonyl (C=O) groups excluding carboxylic acids is 1. The monoisotopic (exact) mass is 517 g/mol. The molecule has 1 aliphatic heterocycles. The molecule has 0 unspecified atom stereocenters. The number of likely N-dealkylation sites (tertiary alicyclic amines) is 1. The van der Waals surface area contributed by atoms with Gasteiger partial charge >= 0.3 is 0 Å². The number of ether oxygens (including phenoxy) is 2. The standard InChI is InChI=1S/C27H30F3N3O4/c1-36-20-5-7-23-18(15-20)16-22(30)24(31-23)3-2-8-27(26(34)32-35)9-11-33(12-10-27)13-14-37-25-17-19(28)4-6-21(25)29/h4-7,15-17,35H,2-3,8-14H2,1H3,(H,32,34). The fourth-order valence-electron chi connectivity index (χ4n) is 4.85. The molecule has 7 nitrogen and oxygen atoms in total. The Kier molecular flexibility index (Phi) is 8.50. The van der Waals surface area contributed by atoms with E-state index in [0.29, 0.717) is 74.1 Å². The third-order valence-electron chi connectivity index (χ3n) is 7.07. The maximum Gasteiger partial charge on any atom is 0.249 e. The van der Waals surface area contributed by atoms with Crippen LogP contribution in [0.1, 0.15) is 31.4 Å². The number of amides is 1. The summed E-state index contributed by atoms with van der Waals surface area (Å²) in [7, 11) is 1.55. The number of methoxy groups -OCH3 is 1. The van der Waals surface area contributed by atoms with Crippen LogP contribution in [0.15, 0.2) is 42.5 Å². The molecule has 10 heteroatoms. The topological polar surface area (TPSA) is 83.9 Å². The van der Waals surface area contributed by atoms with Gasteiger partial charge in [0.15, 0.2) is 11.6 Å². The summed E-state index contributed by atoms with van der Waals surface area (Å²) in [6.45, 7) is 1.77. The number of hydroxylamine groups is 1. The molecule has 0 saturated carbocycles. The lowest BCUT2D eigenvalue weighted by Crippen LogP contribution is -2.49. The second-order valence-corrected chi connectivity index (χ2v) is 9.32. The fraction of sp³-hybridized carbons (Fsp3) is 0.407. The highest BCUT2D eigenvalue weighted by molar-refractivity contribution is 5.82. The molecule has 2 heterocycles. The highest BCUT2D eigenvalue weighted by Crippen LogP contribution is 2.37. The van der Waals surface area contributed by atoms with E-state index in [1.54, 1.807) is 30.8 Å². The van der Waals surface area contributed by atoms with Gasteiger partial charge in [0, 0.05) is 18.0 Å². The van der Waals surface area contributed by atoms with Gasteiger partial charge in [-0.05, 0) is 81.6 Å². The number of hydrogen-bond donors (Lipinski definition) is 2. The first kappa shape index (κ1) is 26.7. The minimum atomic E-state index is -0.790. The summed E-state index contributed by atoms with van der Waals surface area (Å²) in [5, 5.41) is 10.0. The maximum absolute atomic E-state index is 14.7. The van der Waals surface area contributed by atoms with E-state index in [-0.39, 0.29) is 12.4 Å². The highest BCUT2D eigenvalue weighted by atomic mass is 19.1. The average Bonchev–Trinajstić information content (AvgIpc) is 2.91. The van der Waals surface area contributed by atoms with Gasteiger partial charge in [0.05, 0.1) is 23.7 Å². The molecule has 1 amide bonds. The summed E-state index contributed by atoms with van der Waals surface area (Å²) in [6, 6.07) is 9.76. The molecule has 198 valence electrons. The lowest BCUT2D eigenvalue weighted by Gasteiger charge is -2.40. The van der Waals surface area contributed by atoms with Crippen LogP contribution in [-0.4, -0.2) is 54.3 Å². The Morgan fingerprint density at radius 1 is 1.11 bits per heavy atom. The molecule has 1 aromatic heterocycles. The zero-order valence-electron chi connectivity index (χ0n) is 20.6. The largest absolute Gasteiger partial charge is 0.497 e. The van der Waals surface area contributed by atoms with Crippen molar-refractivity contribution < 1.29 is 32.6 Å². The Hall–Kier alpha value is -3.37. The Labute approximate surface area is 213 Å². The van der Waals surface area contributed by atoms with Crippen LogP contribution in [0.5, 0.6) is 11.5 Å². The molecule has 1 fully saturated rings. The number of piperidine rings is 1. The molecule has 0 atom stereocenters. The van der Waals surface area contributed by atoms with Crippen LogP contribution in [0.2, 0.25) is 0 Å². The van der Waals surface area contributed by atoms with Crippen molar-refractivity contribution in [1.82, 2.24) is 15.4 Å². The zero-order valence-corrected chi connectivity index (χ0v) is 20.6. The normalized spacial score (nSPS) is 15.5. The first-order valence-electron chi connectivity index (χ1n) is 12.2. The van der Waals surface area contributed by atoms with Crippen molar-refractivity contribution in [3.05, 3.63) is 65.6 Å². The third-order valence-corrected chi connectivity index (χ3v) is 7.07. The summed E-state index contributed by atoms with van der Waals surface area (Å²) >= 11 is 0. The number of nitrogens with zero attached hydrogens (tertiary/aromatic N) is 2. The van der Waals surface area contributed by atoms with E-state index in [4.69, 9.17) is 9.47 Å². The number of carbonyl (C=O) groups is 1. The molecule has 0 radical (unpaired) electrons. The second-order valence-electron chi connectivity index (χ2n) is 9.32. The van der Waals surface area contributed by atoms with Crippen molar-refractivity contribution in [2.45, 2.75) is 32.1 Å². The number of hydrogen-bond acceptors (Lipinski definition) is 6. The number of aromatic nitrogens is 1. The highest BCUT2D eigenvalue weighted by Gasteiger charge is 2.40. The second kappa shape index (κ2) is 11.8. The quantitative estimate of drug-likeness (QED) is 0.301. The van der Waals surface area contributed by atoms with Crippen LogP contribution in [0, 0.1) is 22.9 Å². The van der Waals surface area contributed by atoms with Gasteiger partial charge in [-0.25, -0.2) is 23.6 Å². The van der Waals surface area contributed by atoms with Crippen LogP contribution in [0.25, 0.3) is 10.9 Å². The van der Waals surface area contributed by atoms with Gasteiger partial charge in [0.1, 0.15) is 24.0 Å². The van der Waals surface area contributed by atoms with Crippen molar-refractivity contribution in [2.75, 3.05) is 33.4 Å². The molecular weight excluding hydrogens is 487 g/mol. The zero-order chi connectivity index (χ0) is 26.4. The van der Waals surface area contributed by atoms with Crippen molar-refractivity contribution in [3.8, 4) is 11.5 Å². The number of aryl methyl sites for hydroxylation is 1. The van der Waals surface area contributed by atoms with E-state index >= 15 is 0 Å². The third kappa shape index (κ3) is 6.31. The van der Waals surface area contributed by atoms with Crippen LogP contribution in [0.4, 0.5) is 13.2 Å². The van der Waals surface area contributed by atoms with E-state index in [1.165, 1.54) is 6.07 Å². The SMILES string of the molecule is COc1ccc2nc(CCCC3(C(=O)NO)CCN(CCOc4cc(F)ccc4F)CC3)c(F)cc2c1. The molecule has 2 aromatic carbocycles.